The second-order valence-corrected chi connectivity index (χ2v) is 4.43. The van der Waals surface area contributed by atoms with Gasteiger partial charge in [-0.1, -0.05) is 20.8 Å². The normalized spacial score (nSPS) is 11.2. The van der Waals surface area contributed by atoms with Crippen molar-refractivity contribution >= 4 is 0 Å². The van der Waals surface area contributed by atoms with Crippen LogP contribution in [-0.4, -0.2) is 16.3 Å². The van der Waals surface area contributed by atoms with Crippen molar-refractivity contribution in [2.24, 2.45) is 5.92 Å². The molecular formula is C12H23N3. The van der Waals surface area contributed by atoms with Gasteiger partial charge in [-0.05, 0) is 25.3 Å². The van der Waals surface area contributed by atoms with Crippen molar-refractivity contribution in [1.82, 2.24) is 15.1 Å². The summed E-state index contributed by atoms with van der Waals surface area (Å²) in [5.41, 5.74) is 1.28. The first-order valence-corrected chi connectivity index (χ1v) is 5.94. The molecule has 0 amide bonds. The summed E-state index contributed by atoms with van der Waals surface area (Å²) in [6, 6.07) is 0. The zero-order valence-corrected chi connectivity index (χ0v) is 10.2. The van der Waals surface area contributed by atoms with E-state index in [2.05, 4.69) is 42.1 Å². The topological polar surface area (TPSA) is 29.9 Å². The average molecular weight is 209 g/mol. The van der Waals surface area contributed by atoms with Gasteiger partial charge >= 0.3 is 0 Å². The Labute approximate surface area is 92.9 Å². The van der Waals surface area contributed by atoms with Crippen LogP contribution in [0, 0.1) is 5.92 Å². The lowest BCUT2D eigenvalue weighted by Gasteiger charge is -2.04. The molecule has 0 saturated carbocycles. The largest absolute Gasteiger partial charge is 0.313 e. The van der Waals surface area contributed by atoms with E-state index in [9.17, 15) is 0 Å². The smallest absolute Gasteiger partial charge is 0.0534 e. The van der Waals surface area contributed by atoms with Gasteiger partial charge in [0, 0.05) is 24.8 Å². The van der Waals surface area contributed by atoms with Crippen LogP contribution in [0.2, 0.25) is 0 Å². The van der Waals surface area contributed by atoms with Crippen molar-refractivity contribution in [3.05, 3.63) is 18.0 Å². The Morgan fingerprint density at radius 1 is 1.47 bits per heavy atom. The van der Waals surface area contributed by atoms with E-state index in [-0.39, 0.29) is 0 Å². The fourth-order valence-electron chi connectivity index (χ4n) is 1.55. The van der Waals surface area contributed by atoms with Crippen LogP contribution in [0.25, 0.3) is 0 Å². The van der Waals surface area contributed by atoms with Gasteiger partial charge in [0.25, 0.3) is 0 Å². The number of aromatic nitrogens is 2. The maximum Gasteiger partial charge on any atom is 0.0534 e. The van der Waals surface area contributed by atoms with E-state index in [1.54, 1.807) is 0 Å². The van der Waals surface area contributed by atoms with Crippen LogP contribution in [0.3, 0.4) is 0 Å². The van der Waals surface area contributed by atoms with Crippen molar-refractivity contribution in [3.8, 4) is 0 Å². The minimum absolute atomic E-state index is 0.793. The second-order valence-electron chi connectivity index (χ2n) is 4.43. The summed E-state index contributed by atoms with van der Waals surface area (Å²) in [5.74, 6) is 0.793. The van der Waals surface area contributed by atoms with Crippen molar-refractivity contribution in [3.63, 3.8) is 0 Å². The summed E-state index contributed by atoms with van der Waals surface area (Å²) in [7, 11) is 0. The summed E-state index contributed by atoms with van der Waals surface area (Å²) in [6.07, 6.45) is 6.60. The lowest BCUT2D eigenvalue weighted by molar-refractivity contribution is 0.489. The van der Waals surface area contributed by atoms with Gasteiger partial charge in [-0.25, -0.2) is 0 Å². The van der Waals surface area contributed by atoms with E-state index in [0.717, 1.165) is 25.6 Å². The molecule has 1 N–H and O–H groups in total. The molecule has 0 unspecified atom stereocenters. The Kier molecular flexibility index (Phi) is 5.40. The molecule has 0 aromatic carbocycles. The first-order valence-electron chi connectivity index (χ1n) is 5.94. The van der Waals surface area contributed by atoms with Gasteiger partial charge in [0.1, 0.15) is 0 Å². The summed E-state index contributed by atoms with van der Waals surface area (Å²) in [6.45, 7) is 9.63. The van der Waals surface area contributed by atoms with Crippen LogP contribution in [0.1, 0.15) is 39.2 Å². The molecule has 0 aliphatic carbocycles. The van der Waals surface area contributed by atoms with Crippen LogP contribution >= 0.6 is 0 Å². The zero-order valence-electron chi connectivity index (χ0n) is 10.2. The lowest BCUT2D eigenvalue weighted by Crippen LogP contribution is -2.11. The lowest BCUT2D eigenvalue weighted by atomic mass is 10.1. The van der Waals surface area contributed by atoms with Crippen LogP contribution < -0.4 is 5.32 Å². The molecule has 0 aliphatic rings. The Morgan fingerprint density at radius 3 is 2.93 bits per heavy atom. The monoisotopic (exact) mass is 209 g/mol. The number of rotatable bonds is 7. The quantitative estimate of drug-likeness (QED) is 0.747. The van der Waals surface area contributed by atoms with Crippen molar-refractivity contribution in [1.29, 1.82) is 0 Å². The first kappa shape index (κ1) is 12.2. The van der Waals surface area contributed by atoms with Crippen LogP contribution in [0.4, 0.5) is 0 Å². The Balaban J connectivity index is 2.26. The van der Waals surface area contributed by atoms with Crippen molar-refractivity contribution in [2.75, 3.05) is 6.54 Å². The number of nitrogens with zero attached hydrogens (tertiary/aromatic N) is 2. The molecule has 0 fully saturated rings. The highest BCUT2D eigenvalue weighted by Crippen LogP contribution is 2.05. The minimum atomic E-state index is 0.793. The third-order valence-corrected chi connectivity index (χ3v) is 2.43. The Hall–Kier alpha value is -0.830. The third kappa shape index (κ3) is 4.98. The van der Waals surface area contributed by atoms with Crippen molar-refractivity contribution < 1.29 is 0 Å². The Bertz CT molecular complexity index is 266. The molecule has 3 nitrogen and oxygen atoms in total. The van der Waals surface area contributed by atoms with Gasteiger partial charge in [-0.15, -0.1) is 0 Å². The molecule has 0 saturated heterocycles. The number of aryl methyl sites for hydroxylation is 1. The molecular weight excluding hydrogens is 186 g/mol. The van der Waals surface area contributed by atoms with Gasteiger partial charge in [0.05, 0.1) is 6.20 Å². The molecule has 1 aromatic rings. The number of hydrogen-bond donors (Lipinski definition) is 1. The molecule has 15 heavy (non-hydrogen) atoms. The molecule has 0 radical (unpaired) electrons. The summed E-state index contributed by atoms with van der Waals surface area (Å²) >= 11 is 0. The predicted molar refractivity (Wildman–Crippen MR) is 63.7 cm³/mol. The average Bonchev–Trinajstić information content (AvgIpc) is 2.62. The maximum atomic E-state index is 4.34. The Morgan fingerprint density at radius 2 is 2.27 bits per heavy atom. The van der Waals surface area contributed by atoms with Gasteiger partial charge in [-0.2, -0.15) is 5.10 Å². The molecule has 86 valence electrons. The molecule has 3 heteroatoms. The maximum absolute atomic E-state index is 4.34. The highest BCUT2D eigenvalue weighted by molar-refractivity contribution is 5.02. The molecule has 1 aromatic heterocycles. The highest BCUT2D eigenvalue weighted by Gasteiger charge is 1.99. The SMILES string of the molecule is CCNCc1cnn(CCCC(C)C)c1. The van der Waals surface area contributed by atoms with E-state index in [1.165, 1.54) is 18.4 Å². The third-order valence-electron chi connectivity index (χ3n) is 2.43. The standard InChI is InChI=1S/C12H23N3/c1-4-13-8-12-9-14-15(10-12)7-5-6-11(2)3/h9-11,13H,4-8H2,1-3H3. The first-order chi connectivity index (χ1) is 7.22. The van der Waals surface area contributed by atoms with Gasteiger partial charge in [0.15, 0.2) is 0 Å². The molecule has 0 aliphatic heterocycles. The van der Waals surface area contributed by atoms with Crippen molar-refractivity contribution in [2.45, 2.75) is 46.7 Å². The van der Waals surface area contributed by atoms with E-state index < -0.39 is 0 Å². The fourth-order valence-corrected chi connectivity index (χ4v) is 1.55. The summed E-state index contributed by atoms with van der Waals surface area (Å²) < 4.78 is 2.05. The molecule has 0 atom stereocenters. The van der Waals surface area contributed by atoms with Crippen LogP contribution in [-0.2, 0) is 13.1 Å². The van der Waals surface area contributed by atoms with E-state index in [0.29, 0.717) is 0 Å². The van der Waals surface area contributed by atoms with Gasteiger partial charge in [0.2, 0.25) is 0 Å². The molecule has 1 rings (SSSR count). The summed E-state index contributed by atoms with van der Waals surface area (Å²) in [5, 5.41) is 7.64. The van der Waals surface area contributed by atoms with Gasteiger partial charge < -0.3 is 5.32 Å². The number of hydrogen-bond acceptors (Lipinski definition) is 2. The predicted octanol–water partition coefficient (Wildman–Crippen LogP) is 2.43. The zero-order chi connectivity index (χ0) is 11.1. The molecule has 1 heterocycles. The minimum Gasteiger partial charge on any atom is -0.313 e. The summed E-state index contributed by atoms with van der Waals surface area (Å²) in [4.78, 5) is 0. The van der Waals surface area contributed by atoms with E-state index >= 15 is 0 Å². The highest BCUT2D eigenvalue weighted by atomic mass is 15.3. The number of nitrogens with one attached hydrogen (secondary N) is 1. The van der Waals surface area contributed by atoms with E-state index in [1.807, 2.05) is 6.20 Å². The van der Waals surface area contributed by atoms with E-state index in [4.69, 9.17) is 0 Å². The molecule has 0 bridgehead atoms. The fraction of sp³-hybridized carbons (Fsp3) is 0.750. The van der Waals surface area contributed by atoms with Crippen LogP contribution in [0.5, 0.6) is 0 Å². The van der Waals surface area contributed by atoms with Crippen LogP contribution in [0.15, 0.2) is 12.4 Å². The second kappa shape index (κ2) is 6.62. The van der Waals surface area contributed by atoms with Gasteiger partial charge in [-0.3, -0.25) is 4.68 Å². The molecule has 0 spiro atoms.